The second-order valence-electron chi connectivity index (χ2n) is 4.36. The molecule has 23 heavy (non-hydrogen) atoms. The summed E-state index contributed by atoms with van der Waals surface area (Å²) in [6.07, 6.45) is 0. The van der Waals surface area contributed by atoms with Crippen molar-refractivity contribution in [2.45, 2.75) is 0 Å². The number of hydrogen-bond acceptors (Lipinski definition) is 4. The molecule has 2 N–H and O–H groups in total. The quantitative estimate of drug-likeness (QED) is 0.760. The number of hydrazine groups is 1. The van der Waals surface area contributed by atoms with Gasteiger partial charge < -0.3 is 9.47 Å². The first-order valence-electron chi connectivity index (χ1n) is 6.39. The molecule has 0 aliphatic heterocycles. The summed E-state index contributed by atoms with van der Waals surface area (Å²) in [6.45, 7) is 0. The van der Waals surface area contributed by atoms with E-state index in [4.69, 9.17) is 44.3 Å². The van der Waals surface area contributed by atoms with Crippen LogP contribution in [0.25, 0.3) is 0 Å². The van der Waals surface area contributed by atoms with Crippen LogP contribution in [0.4, 0.5) is 5.69 Å². The van der Waals surface area contributed by atoms with Crippen molar-refractivity contribution < 1.29 is 14.3 Å². The van der Waals surface area contributed by atoms with E-state index in [9.17, 15) is 4.79 Å². The van der Waals surface area contributed by atoms with Crippen molar-refractivity contribution in [3.63, 3.8) is 0 Å². The minimum atomic E-state index is -0.442. The number of carbonyl (C=O) groups excluding carboxylic acids is 1. The number of para-hydroxylation sites is 1. The lowest BCUT2D eigenvalue weighted by Gasteiger charge is -2.15. The van der Waals surface area contributed by atoms with Crippen LogP contribution in [0, 0.1) is 0 Å². The average molecular weight is 376 g/mol. The van der Waals surface area contributed by atoms with Gasteiger partial charge in [-0.3, -0.25) is 15.6 Å². The number of benzene rings is 2. The van der Waals surface area contributed by atoms with Gasteiger partial charge in [-0.15, -0.1) is 0 Å². The fourth-order valence-corrected chi connectivity index (χ4v) is 2.83. The Bertz CT molecular complexity index is 715. The van der Waals surface area contributed by atoms with Crippen LogP contribution >= 0.6 is 34.8 Å². The molecule has 0 unspecified atom stereocenters. The second kappa shape index (κ2) is 7.64. The van der Waals surface area contributed by atoms with Crippen LogP contribution < -0.4 is 20.3 Å². The predicted molar refractivity (Wildman–Crippen MR) is 92.1 cm³/mol. The number of hydrogen-bond donors (Lipinski definition) is 2. The summed E-state index contributed by atoms with van der Waals surface area (Å²) >= 11 is 17.9. The topological polar surface area (TPSA) is 59.6 Å². The van der Waals surface area contributed by atoms with Gasteiger partial charge in [-0.1, -0.05) is 40.9 Å². The van der Waals surface area contributed by atoms with Crippen LogP contribution in [0.5, 0.6) is 11.5 Å². The van der Waals surface area contributed by atoms with Gasteiger partial charge >= 0.3 is 0 Å². The monoisotopic (exact) mass is 374 g/mol. The molecule has 5 nitrogen and oxygen atoms in total. The van der Waals surface area contributed by atoms with Crippen LogP contribution in [0.3, 0.4) is 0 Å². The smallest absolute Gasteiger partial charge is 0.273 e. The van der Waals surface area contributed by atoms with Gasteiger partial charge in [-0.05, 0) is 24.3 Å². The minimum Gasteiger partial charge on any atom is -0.493 e. The maximum absolute atomic E-state index is 12.3. The molecule has 0 aromatic heterocycles. The lowest BCUT2D eigenvalue weighted by Crippen LogP contribution is -2.30. The molecular weight excluding hydrogens is 363 g/mol. The van der Waals surface area contributed by atoms with Crippen molar-refractivity contribution in [1.82, 2.24) is 5.43 Å². The van der Waals surface area contributed by atoms with E-state index in [-0.39, 0.29) is 10.0 Å². The molecule has 2 aromatic carbocycles. The summed E-state index contributed by atoms with van der Waals surface area (Å²) in [7, 11) is 2.94. The van der Waals surface area contributed by atoms with Gasteiger partial charge in [0.1, 0.15) is 0 Å². The van der Waals surface area contributed by atoms with Gasteiger partial charge in [-0.2, -0.15) is 0 Å². The van der Waals surface area contributed by atoms with Crippen molar-refractivity contribution >= 4 is 46.4 Å². The fraction of sp³-hybridized carbons (Fsp3) is 0.133. The van der Waals surface area contributed by atoms with Crippen LogP contribution in [0.15, 0.2) is 30.3 Å². The SMILES string of the molecule is COc1cccc(C(=O)NNc2c(Cl)cc(Cl)cc2Cl)c1OC. The van der Waals surface area contributed by atoms with Gasteiger partial charge in [-0.25, -0.2) is 0 Å². The highest BCUT2D eigenvalue weighted by Crippen LogP contribution is 2.34. The van der Waals surface area contributed by atoms with E-state index >= 15 is 0 Å². The first kappa shape index (κ1) is 17.5. The summed E-state index contributed by atoms with van der Waals surface area (Å²) in [5.74, 6) is 0.327. The Balaban J connectivity index is 2.21. The molecular formula is C15H13Cl3N2O3. The molecule has 0 atom stereocenters. The summed E-state index contributed by atoms with van der Waals surface area (Å²) in [6, 6.07) is 7.99. The third-order valence-corrected chi connectivity index (χ3v) is 3.77. The third kappa shape index (κ3) is 3.93. The number of carbonyl (C=O) groups is 1. The van der Waals surface area contributed by atoms with Crippen LogP contribution in [-0.4, -0.2) is 20.1 Å². The molecule has 0 fully saturated rings. The van der Waals surface area contributed by atoms with E-state index in [1.54, 1.807) is 18.2 Å². The first-order chi connectivity index (χ1) is 11.0. The molecule has 122 valence electrons. The van der Waals surface area contributed by atoms with Crippen molar-refractivity contribution in [2.24, 2.45) is 0 Å². The summed E-state index contributed by atoms with van der Waals surface area (Å²) in [5, 5.41) is 0.951. The van der Waals surface area contributed by atoms with Gasteiger partial charge in [0, 0.05) is 5.02 Å². The minimum absolute atomic E-state index is 0.278. The van der Waals surface area contributed by atoms with Crippen molar-refractivity contribution in [2.75, 3.05) is 19.6 Å². The van der Waals surface area contributed by atoms with Crippen molar-refractivity contribution in [3.8, 4) is 11.5 Å². The molecule has 8 heteroatoms. The highest BCUT2D eigenvalue weighted by molar-refractivity contribution is 6.41. The standard InChI is InChI=1S/C15H13Cl3N2O3/c1-22-12-5-3-4-9(14(12)23-2)15(21)20-19-13-10(17)6-8(16)7-11(13)18/h3-7,19H,1-2H3,(H,20,21). The molecule has 0 aliphatic rings. The molecule has 0 heterocycles. The molecule has 2 aromatic rings. The maximum Gasteiger partial charge on any atom is 0.273 e. The Morgan fingerprint density at radius 2 is 1.70 bits per heavy atom. The largest absolute Gasteiger partial charge is 0.493 e. The van der Waals surface area contributed by atoms with Crippen molar-refractivity contribution in [3.05, 3.63) is 51.0 Å². The number of ether oxygens (including phenoxy) is 2. The zero-order chi connectivity index (χ0) is 17.0. The highest BCUT2D eigenvalue weighted by atomic mass is 35.5. The number of rotatable bonds is 5. The number of anilines is 1. The molecule has 1 amide bonds. The number of methoxy groups -OCH3 is 2. The maximum atomic E-state index is 12.3. The number of amides is 1. The molecule has 0 bridgehead atoms. The fourth-order valence-electron chi connectivity index (χ4n) is 1.91. The average Bonchev–Trinajstić information content (AvgIpc) is 2.52. The van der Waals surface area contributed by atoms with E-state index in [2.05, 4.69) is 10.9 Å². The van der Waals surface area contributed by atoms with E-state index in [0.29, 0.717) is 27.8 Å². The Morgan fingerprint density at radius 1 is 1.04 bits per heavy atom. The molecule has 0 aliphatic carbocycles. The number of halogens is 3. The normalized spacial score (nSPS) is 10.1. The summed E-state index contributed by atoms with van der Waals surface area (Å²) < 4.78 is 10.4. The van der Waals surface area contributed by atoms with Gasteiger partial charge in [0.15, 0.2) is 11.5 Å². The predicted octanol–water partition coefficient (Wildman–Crippen LogP) is 4.42. The van der Waals surface area contributed by atoms with Crippen LogP contribution in [0.1, 0.15) is 10.4 Å². The van der Waals surface area contributed by atoms with Gasteiger partial charge in [0.05, 0.1) is 35.5 Å². The van der Waals surface area contributed by atoms with E-state index < -0.39 is 5.91 Å². The molecule has 0 saturated heterocycles. The lowest BCUT2D eigenvalue weighted by molar-refractivity contribution is 0.0959. The molecule has 2 rings (SSSR count). The van der Waals surface area contributed by atoms with Crippen LogP contribution in [-0.2, 0) is 0 Å². The van der Waals surface area contributed by atoms with E-state index in [1.165, 1.54) is 26.4 Å². The third-order valence-electron chi connectivity index (χ3n) is 2.96. The summed E-state index contributed by atoms with van der Waals surface area (Å²) in [5.41, 5.74) is 5.82. The zero-order valence-electron chi connectivity index (χ0n) is 12.2. The Labute approximate surface area is 148 Å². The highest BCUT2D eigenvalue weighted by Gasteiger charge is 2.17. The Hall–Kier alpha value is -1.82. The second-order valence-corrected chi connectivity index (χ2v) is 5.62. The van der Waals surface area contributed by atoms with Crippen molar-refractivity contribution in [1.29, 1.82) is 0 Å². The lowest BCUT2D eigenvalue weighted by atomic mass is 10.1. The van der Waals surface area contributed by atoms with E-state index in [0.717, 1.165) is 0 Å². The molecule has 0 saturated carbocycles. The van der Waals surface area contributed by atoms with Crippen LogP contribution in [0.2, 0.25) is 15.1 Å². The Morgan fingerprint density at radius 3 is 2.26 bits per heavy atom. The Kier molecular flexibility index (Phi) is 5.82. The molecule has 0 radical (unpaired) electrons. The van der Waals surface area contributed by atoms with Gasteiger partial charge in [0.25, 0.3) is 5.91 Å². The first-order valence-corrected chi connectivity index (χ1v) is 7.53. The molecule has 0 spiro atoms. The van der Waals surface area contributed by atoms with E-state index in [1.807, 2.05) is 0 Å². The zero-order valence-corrected chi connectivity index (χ0v) is 14.5. The van der Waals surface area contributed by atoms with Gasteiger partial charge in [0.2, 0.25) is 0 Å². The number of nitrogens with one attached hydrogen (secondary N) is 2. The summed E-state index contributed by atoms with van der Waals surface area (Å²) in [4.78, 5) is 12.3.